The first-order valence-corrected chi connectivity index (χ1v) is 11.0. The van der Waals surface area contributed by atoms with Crippen LogP contribution in [0.1, 0.15) is 16.3 Å². The molecule has 4 N–H and O–H groups in total. The van der Waals surface area contributed by atoms with Crippen LogP contribution in [-0.2, 0) is 4.79 Å². The predicted molar refractivity (Wildman–Crippen MR) is 129 cm³/mol. The van der Waals surface area contributed by atoms with E-state index in [1.54, 1.807) is 28.9 Å². The number of nitrogens with zero attached hydrogens (tertiary/aromatic N) is 3. The number of nitrogens with two attached hydrogens (primary N) is 1. The lowest BCUT2D eigenvalue weighted by Gasteiger charge is -2.12. The van der Waals surface area contributed by atoms with Gasteiger partial charge in [0.25, 0.3) is 0 Å². The van der Waals surface area contributed by atoms with E-state index in [0.29, 0.717) is 5.70 Å². The van der Waals surface area contributed by atoms with Gasteiger partial charge in [0.15, 0.2) is 5.13 Å². The average molecular weight is 445 g/mol. The molecule has 9 heteroatoms. The monoisotopic (exact) mass is 444 g/mol. The van der Waals surface area contributed by atoms with Gasteiger partial charge in [-0.15, -0.1) is 22.7 Å². The van der Waals surface area contributed by atoms with Crippen molar-refractivity contribution in [3.8, 4) is 10.6 Å². The van der Waals surface area contributed by atoms with Gasteiger partial charge in [0.2, 0.25) is 0 Å². The van der Waals surface area contributed by atoms with E-state index in [1.165, 1.54) is 4.88 Å². The van der Waals surface area contributed by atoms with Crippen LogP contribution in [0.25, 0.3) is 16.3 Å². The van der Waals surface area contributed by atoms with Crippen LogP contribution in [0, 0.1) is 13.8 Å². The highest BCUT2D eigenvalue weighted by molar-refractivity contribution is 7.16. The van der Waals surface area contributed by atoms with Gasteiger partial charge in [0.05, 0.1) is 33.5 Å². The number of carbonyl (C=O) groups is 1. The number of hydrogen-bond acceptors (Lipinski definition) is 9. The Kier molecular flexibility index (Phi) is 8.82. The number of nitrogens with one attached hydrogen (secondary N) is 2. The van der Waals surface area contributed by atoms with Crippen LogP contribution < -0.4 is 21.3 Å². The highest BCUT2D eigenvalue weighted by Gasteiger charge is 2.10. The van der Waals surface area contributed by atoms with Gasteiger partial charge in [-0.1, -0.05) is 12.1 Å². The van der Waals surface area contributed by atoms with Crippen molar-refractivity contribution in [3.63, 3.8) is 0 Å². The number of aldehydes is 1. The largest absolute Gasteiger partial charge is 0.397 e. The molecule has 0 radical (unpaired) electrons. The molecule has 3 aromatic rings. The van der Waals surface area contributed by atoms with E-state index >= 15 is 0 Å². The van der Waals surface area contributed by atoms with Crippen molar-refractivity contribution >= 4 is 45.5 Å². The van der Waals surface area contributed by atoms with E-state index in [1.807, 2.05) is 64.2 Å². The average Bonchev–Trinajstić information content (AvgIpc) is 3.34. The molecule has 0 atom stereocenters. The van der Waals surface area contributed by atoms with Crippen LogP contribution in [0.4, 0.5) is 10.8 Å². The number of benzene rings is 1. The molecule has 160 valence electrons. The number of carbonyl (C=O) groups excluding carboxylic acids is 1. The van der Waals surface area contributed by atoms with Crippen molar-refractivity contribution in [1.29, 1.82) is 0 Å². The first-order valence-electron chi connectivity index (χ1n) is 9.33. The topological polar surface area (TPSA) is 96.2 Å². The summed E-state index contributed by atoms with van der Waals surface area (Å²) in [6.45, 7) is 4.32. The zero-order chi connectivity index (χ0) is 22.1. The normalized spacial score (nSPS) is 10.8. The molecule has 0 amide bonds. The Bertz CT molecular complexity index is 976. The second-order valence-corrected chi connectivity index (χ2v) is 8.61. The molecule has 2 aromatic heterocycles. The molecule has 0 aliphatic rings. The van der Waals surface area contributed by atoms with Gasteiger partial charge in [-0.05, 0) is 31.5 Å². The van der Waals surface area contributed by atoms with E-state index in [2.05, 4.69) is 26.0 Å². The summed E-state index contributed by atoms with van der Waals surface area (Å²) < 4.78 is 0. The molecule has 3 rings (SSSR count). The Morgan fingerprint density at radius 2 is 1.90 bits per heavy atom. The lowest BCUT2D eigenvalue weighted by Crippen LogP contribution is -2.11. The predicted octanol–water partition coefficient (Wildman–Crippen LogP) is 3.72. The van der Waals surface area contributed by atoms with Crippen LogP contribution >= 0.6 is 22.7 Å². The van der Waals surface area contributed by atoms with Crippen LogP contribution in [0.15, 0.2) is 35.8 Å². The summed E-state index contributed by atoms with van der Waals surface area (Å²) in [5, 5.41) is 9.94. The van der Waals surface area contributed by atoms with E-state index in [4.69, 9.17) is 5.73 Å². The second-order valence-electron chi connectivity index (χ2n) is 6.55. The molecular weight excluding hydrogens is 416 g/mol. The quantitative estimate of drug-likeness (QED) is 0.377. The number of rotatable bonds is 7. The van der Waals surface area contributed by atoms with E-state index in [0.717, 1.165) is 39.1 Å². The molecule has 30 heavy (non-hydrogen) atoms. The minimum atomic E-state index is 0.274. The maximum absolute atomic E-state index is 10.1. The van der Waals surface area contributed by atoms with Crippen LogP contribution in [-0.4, -0.2) is 43.9 Å². The van der Waals surface area contributed by atoms with Gasteiger partial charge in [-0.25, -0.2) is 9.97 Å². The Labute approximate surface area is 185 Å². The molecule has 0 saturated carbocycles. The maximum atomic E-state index is 10.1. The first kappa shape index (κ1) is 23.4. The number of hydrogen-bond donors (Lipinski definition) is 3. The zero-order valence-corrected chi connectivity index (χ0v) is 19.5. The van der Waals surface area contributed by atoms with Gasteiger partial charge >= 0.3 is 0 Å². The summed E-state index contributed by atoms with van der Waals surface area (Å²) in [6, 6.07) is 7.89. The molecule has 0 aliphatic carbocycles. The van der Waals surface area contributed by atoms with Gasteiger partial charge in [-0.3, -0.25) is 0 Å². The molecule has 0 spiro atoms. The van der Waals surface area contributed by atoms with Crippen LogP contribution in [0.3, 0.4) is 0 Å². The van der Waals surface area contributed by atoms with Gasteiger partial charge in [-0.2, -0.15) is 0 Å². The highest BCUT2D eigenvalue weighted by Crippen LogP contribution is 2.31. The summed E-state index contributed by atoms with van der Waals surface area (Å²) in [7, 11) is 5.85. The summed E-state index contributed by atoms with van der Waals surface area (Å²) in [5.41, 5.74) is 10.6. The molecule has 0 fully saturated rings. The molecule has 0 bridgehead atoms. The van der Waals surface area contributed by atoms with Gasteiger partial charge < -0.3 is 26.1 Å². The van der Waals surface area contributed by atoms with Crippen LogP contribution in [0.2, 0.25) is 0 Å². The number of thiazole rings is 2. The third kappa shape index (κ3) is 6.57. The summed E-state index contributed by atoms with van der Waals surface area (Å²) >= 11 is 3.32. The summed E-state index contributed by atoms with van der Waals surface area (Å²) in [5.74, 6) is 0. The molecule has 1 aromatic carbocycles. The molecule has 7 nitrogen and oxygen atoms in total. The number of aryl methyl sites for hydroxylation is 2. The maximum Gasteiger partial charge on any atom is 0.182 e. The fourth-order valence-corrected chi connectivity index (χ4v) is 4.13. The van der Waals surface area contributed by atoms with Crippen molar-refractivity contribution in [3.05, 3.63) is 52.1 Å². The van der Waals surface area contributed by atoms with Crippen molar-refractivity contribution in [1.82, 2.24) is 15.3 Å². The fourth-order valence-electron chi connectivity index (χ4n) is 2.51. The minimum absolute atomic E-state index is 0.274. The van der Waals surface area contributed by atoms with Gasteiger partial charge in [0, 0.05) is 38.4 Å². The summed E-state index contributed by atoms with van der Waals surface area (Å²) in [4.78, 5) is 22.1. The molecule has 0 saturated heterocycles. The standard InChI is InChI=1S/C12H17N3O.C9H11N3S2/c1-15(2)11-5-3-10(4-6-11)12(13)9-14-7-8-16;1-5-8(14-6(2)11-5)7-4-13-9(10-3)12-7/h3-6,8-9,14H,7,13H2,1-2H3;4H,1-3H3,(H,10,12)/b12-9-;. The van der Waals surface area contributed by atoms with Crippen molar-refractivity contribution in [2.45, 2.75) is 13.8 Å². The zero-order valence-electron chi connectivity index (χ0n) is 17.9. The third-order valence-electron chi connectivity index (χ3n) is 4.03. The number of anilines is 2. The van der Waals surface area contributed by atoms with E-state index < -0.39 is 0 Å². The minimum Gasteiger partial charge on any atom is -0.397 e. The van der Waals surface area contributed by atoms with E-state index in [9.17, 15) is 4.79 Å². The Hall–Kier alpha value is -2.91. The third-order valence-corrected chi connectivity index (χ3v) is 5.99. The van der Waals surface area contributed by atoms with Crippen molar-refractivity contribution < 1.29 is 4.79 Å². The van der Waals surface area contributed by atoms with E-state index in [-0.39, 0.29) is 6.54 Å². The number of aromatic nitrogens is 2. The SMILES string of the molecule is CN(C)c1ccc(/C(N)=C/NCC=O)cc1.CNc1nc(-c2sc(C)nc2C)cs1. The Morgan fingerprint density at radius 1 is 1.20 bits per heavy atom. The van der Waals surface area contributed by atoms with Crippen LogP contribution in [0.5, 0.6) is 0 Å². The molecule has 0 unspecified atom stereocenters. The fraction of sp³-hybridized carbons (Fsp3) is 0.286. The Morgan fingerprint density at radius 3 is 2.40 bits per heavy atom. The molecule has 0 aliphatic heterocycles. The Balaban J connectivity index is 0.000000215. The summed E-state index contributed by atoms with van der Waals surface area (Å²) in [6.07, 6.45) is 2.43. The van der Waals surface area contributed by atoms with Gasteiger partial charge in [0.1, 0.15) is 6.29 Å². The lowest BCUT2D eigenvalue weighted by atomic mass is 10.1. The lowest BCUT2D eigenvalue weighted by molar-refractivity contribution is -0.107. The first-order chi connectivity index (χ1) is 14.3. The van der Waals surface area contributed by atoms with Crippen molar-refractivity contribution in [2.75, 3.05) is 37.9 Å². The molecular formula is C21H28N6OS2. The second kappa shape index (κ2) is 11.3. The smallest absolute Gasteiger partial charge is 0.182 e. The highest BCUT2D eigenvalue weighted by atomic mass is 32.1. The molecule has 2 heterocycles. The van der Waals surface area contributed by atoms with Crippen molar-refractivity contribution in [2.24, 2.45) is 5.73 Å².